The van der Waals surface area contributed by atoms with Crippen molar-refractivity contribution in [2.45, 2.75) is 24.7 Å². The Morgan fingerprint density at radius 1 is 1.00 bits per heavy atom. The highest BCUT2D eigenvalue weighted by atomic mass is 15.3. The summed E-state index contributed by atoms with van der Waals surface area (Å²) >= 11 is 0. The molecule has 7 heteroatoms. The third-order valence-corrected chi connectivity index (χ3v) is 6.21. The summed E-state index contributed by atoms with van der Waals surface area (Å²) in [4.78, 5) is 17.9. The van der Waals surface area contributed by atoms with E-state index in [2.05, 4.69) is 65.7 Å². The van der Waals surface area contributed by atoms with E-state index in [0.717, 1.165) is 64.1 Å². The quantitative estimate of drug-likeness (QED) is 0.396. The van der Waals surface area contributed by atoms with Crippen molar-refractivity contribution >= 4 is 11.9 Å². The van der Waals surface area contributed by atoms with Crippen molar-refractivity contribution in [1.82, 2.24) is 25.5 Å². The van der Waals surface area contributed by atoms with Crippen molar-refractivity contribution in [2.24, 2.45) is 4.99 Å². The van der Waals surface area contributed by atoms with Crippen molar-refractivity contribution in [3.8, 4) is 0 Å². The molecule has 1 aromatic heterocycles. The van der Waals surface area contributed by atoms with Crippen LogP contribution >= 0.6 is 0 Å². The second-order valence-electron chi connectivity index (χ2n) is 8.23. The van der Waals surface area contributed by atoms with Crippen LogP contribution in [-0.2, 0) is 5.41 Å². The van der Waals surface area contributed by atoms with Crippen LogP contribution in [-0.4, -0.2) is 73.7 Å². The van der Waals surface area contributed by atoms with Crippen LogP contribution in [0.3, 0.4) is 0 Å². The molecule has 0 radical (unpaired) electrons. The predicted molar refractivity (Wildman–Crippen MR) is 122 cm³/mol. The summed E-state index contributed by atoms with van der Waals surface area (Å²) < 4.78 is 0. The van der Waals surface area contributed by atoms with Gasteiger partial charge in [0.2, 0.25) is 5.95 Å². The van der Waals surface area contributed by atoms with Crippen molar-refractivity contribution in [1.29, 1.82) is 0 Å². The first kappa shape index (κ1) is 20.6. The van der Waals surface area contributed by atoms with E-state index in [0.29, 0.717) is 5.41 Å². The number of benzene rings is 1. The van der Waals surface area contributed by atoms with Crippen molar-refractivity contribution in [3.05, 3.63) is 54.4 Å². The van der Waals surface area contributed by atoms with Gasteiger partial charge in [0.1, 0.15) is 0 Å². The van der Waals surface area contributed by atoms with Crippen LogP contribution in [0.4, 0.5) is 5.95 Å². The van der Waals surface area contributed by atoms with Gasteiger partial charge in [-0.1, -0.05) is 30.3 Å². The minimum absolute atomic E-state index is 0.293. The number of rotatable bonds is 8. The number of piperazine rings is 1. The number of guanidine groups is 1. The van der Waals surface area contributed by atoms with E-state index in [9.17, 15) is 0 Å². The Kier molecular flexibility index (Phi) is 6.79. The van der Waals surface area contributed by atoms with E-state index in [1.54, 1.807) is 0 Å². The average Bonchev–Trinajstić information content (AvgIpc) is 3.61. The number of hydrogen-bond donors (Lipinski definition) is 2. The highest BCUT2D eigenvalue weighted by Gasteiger charge is 2.43. The second-order valence-corrected chi connectivity index (χ2v) is 8.23. The van der Waals surface area contributed by atoms with Gasteiger partial charge in [-0.3, -0.25) is 9.89 Å². The summed E-state index contributed by atoms with van der Waals surface area (Å²) in [6.45, 7) is 7.07. The van der Waals surface area contributed by atoms with Crippen molar-refractivity contribution in [2.75, 3.05) is 57.8 Å². The molecular formula is C23H33N7. The standard InChI is InChI=1S/C23H33N7/c1-24-21(28-19-23(9-10-23)20-7-3-2-4-8-20)25-13-6-14-29-15-17-30(18-16-29)22-26-11-5-12-27-22/h2-5,7-8,11-12H,6,9-10,13-19H2,1H3,(H2,24,25,28). The maximum atomic E-state index is 4.40. The van der Waals surface area contributed by atoms with Crippen LogP contribution in [0.2, 0.25) is 0 Å². The topological polar surface area (TPSA) is 68.7 Å². The molecule has 0 spiro atoms. The van der Waals surface area contributed by atoms with Gasteiger partial charge in [0.25, 0.3) is 0 Å². The van der Waals surface area contributed by atoms with Gasteiger partial charge >= 0.3 is 0 Å². The largest absolute Gasteiger partial charge is 0.356 e. The van der Waals surface area contributed by atoms with E-state index in [4.69, 9.17) is 0 Å². The van der Waals surface area contributed by atoms with Crippen LogP contribution in [0, 0.1) is 0 Å². The Labute approximate surface area is 179 Å². The average molecular weight is 408 g/mol. The maximum absolute atomic E-state index is 4.40. The van der Waals surface area contributed by atoms with Gasteiger partial charge in [0, 0.05) is 64.1 Å². The van der Waals surface area contributed by atoms with E-state index in [1.165, 1.54) is 18.4 Å². The molecule has 30 heavy (non-hydrogen) atoms. The van der Waals surface area contributed by atoms with Gasteiger partial charge in [-0.2, -0.15) is 0 Å². The zero-order valence-corrected chi connectivity index (χ0v) is 17.9. The number of nitrogens with zero attached hydrogens (tertiary/aromatic N) is 5. The van der Waals surface area contributed by atoms with Gasteiger partial charge in [-0.05, 0) is 37.4 Å². The number of hydrogen-bond acceptors (Lipinski definition) is 5. The van der Waals surface area contributed by atoms with Crippen LogP contribution in [0.25, 0.3) is 0 Å². The number of aliphatic imine (C=N–C) groups is 1. The first-order valence-corrected chi connectivity index (χ1v) is 11.0. The maximum Gasteiger partial charge on any atom is 0.225 e. The minimum atomic E-state index is 0.293. The van der Waals surface area contributed by atoms with E-state index in [-0.39, 0.29) is 0 Å². The molecule has 2 aromatic rings. The van der Waals surface area contributed by atoms with Crippen LogP contribution in [0.5, 0.6) is 0 Å². The zero-order valence-electron chi connectivity index (χ0n) is 17.9. The molecule has 2 aliphatic rings. The number of aromatic nitrogens is 2. The van der Waals surface area contributed by atoms with E-state index >= 15 is 0 Å². The third kappa shape index (κ3) is 5.27. The second kappa shape index (κ2) is 9.89. The highest BCUT2D eigenvalue weighted by Crippen LogP contribution is 2.47. The molecule has 0 atom stereocenters. The van der Waals surface area contributed by atoms with Gasteiger partial charge in [-0.15, -0.1) is 0 Å². The lowest BCUT2D eigenvalue weighted by atomic mass is 9.96. The minimum Gasteiger partial charge on any atom is -0.356 e. The molecule has 2 N–H and O–H groups in total. The summed E-state index contributed by atoms with van der Waals surface area (Å²) in [6.07, 6.45) is 7.23. The lowest BCUT2D eigenvalue weighted by Crippen LogP contribution is -2.48. The molecule has 0 unspecified atom stereocenters. The lowest BCUT2D eigenvalue weighted by Gasteiger charge is -2.34. The molecule has 2 fully saturated rings. The summed E-state index contributed by atoms with van der Waals surface area (Å²) in [7, 11) is 1.85. The van der Waals surface area contributed by atoms with Crippen LogP contribution < -0.4 is 15.5 Å². The lowest BCUT2D eigenvalue weighted by molar-refractivity contribution is 0.254. The molecule has 2 heterocycles. The first-order valence-electron chi connectivity index (χ1n) is 11.0. The van der Waals surface area contributed by atoms with Gasteiger partial charge in [-0.25, -0.2) is 9.97 Å². The fourth-order valence-electron chi connectivity index (χ4n) is 4.12. The summed E-state index contributed by atoms with van der Waals surface area (Å²) in [6, 6.07) is 12.7. The Morgan fingerprint density at radius 3 is 2.40 bits per heavy atom. The summed E-state index contributed by atoms with van der Waals surface area (Å²) in [5, 5.41) is 7.02. The molecule has 1 saturated carbocycles. The van der Waals surface area contributed by atoms with Crippen LogP contribution in [0.1, 0.15) is 24.8 Å². The fraction of sp³-hybridized carbons (Fsp3) is 0.522. The first-order chi connectivity index (χ1) is 14.8. The van der Waals surface area contributed by atoms with Crippen LogP contribution in [0.15, 0.2) is 53.8 Å². The smallest absolute Gasteiger partial charge is 0.225 e. The SMILES string of the molecule is CN=C(NCCCN1CCN(c2ncccn2)CC1)NCC1(c2ccccc2)CC1. The molecule has 4 rings (SSSR count). The number of anilines is 1. The van der Waals surface area contributed by atoms with Gasteiger partial charge < -0.3 is 15.5 Å². The predicted octanol–water partition coefficient (Wildman–Crippen LogP) is 1.89. The van der Waals surface area contributed by atoms with E-state index in [1.807, 2.05) is 25.5 Å². The zero-order chi connectivity index (χ0) is 20.7. The summed E-state index contributed by atoms with van der Waals surface area (Å²) in [5.74, 6) is 1.75. The normalized spacial score (nSPS) is 18.8. The Balaban J connectivity index is 1.13. The third-order valence-electron chi connectivity index (χ3n) is 6.21. The van der Waals surface area contributed by atoms with Crippen molar-refractivity contribution < 1.29 is 0 Å². The molecule has 1 saturated heterocycles. The Morgan fingerprint density at radius 2 is 1.73 bits per heavy atom. The molecule has 0 bridgehead atoms. The van der Waals surface area contributed by atoms with Gasteiger partial charge in [0.15, 0.2) is 5.96 Å². The molecule has 160 valence electrons. The van der Waals surface area contributed by atoms with Crippen molar-refractivity contribution in [3.63, 3.8) is 0 Å². The monoisotopic (exact) mass is 407 g/mol. The highest BCUT2D eigenvalue weighted by molar-refractivity contribution is 5.79. The van der Waals surface area contributed by atoms with E-state index < -0.39 is 0 Å². The fourth-order valence-corrected chi connectivity index (χ4v) is 4.12. The molecular weight excluding hydrogens is 374 g/mol. The van der Waals surface area contributed by atoms with Gasteiger partial charge in [0.05, 0.1) is 0 Å². The Hall–Kier alpha value is -2.67. The Bertz CT molecular complexity index is 797. The molecule has 1 aromatic carbocycles. The molecule has 1 aliphatic carbocycles. The molecule has 0 amide bonds. The number of nitrogens with one attached hydrogen (secondary N) is 2. The molecule has 7 nitrogen and oxygen atoms in total. The summed E-state index contributed by atoms with van der Waals surface area (Å²) in [5.41, 5.74) is 1.73. The molecule has 1 aliphatic heterocycles.